The second kappa shape index (κ2) is 7.04. The van der Waals surface area contributed by atoms with Crippen molar-refractivity contribution in [3.63, 3.8) is 0 Å². The molecule has 1 heterocycles. The van der Waals surface area contributed by atoms with E-state index in [-0.39, 0.29) is 5.91 Å². The molecule has 1 aliphatic rings. The van der Waals surface area contributed by atoms with Crippen molar-refractivity contribution in [2.75, 3.05) is 13.6 Å². The Kier molecular flexibility index (Phi) is 5.03. The zero-order valence-electron chi connectivity index (χ0n) is 13.8. The van der Waals surface area contributed by atoms with E-state index in [9.17, 15) is 4.79 Å². The number of halogens is 1. The number of hydrogen-bond donors (Lipinski definition) is 2. The van der Waals surface area contributed by atoms with E-state index < -0.39 is 0 Å². The van der Waals surface area contributed by atoms with E-state index in [0.717, 1.165) is 29.1 Å². The third-order valence-corrected chi connectivity index (χ3v) is 4.70. The molecule has 1 unspecified atom stereocenters. The number of quaternary nitrogens is 1. The fraction of sp³-hybridized carbons (Fsp3) is 0.438. The number of rotatable bonds is 6. The molecule has 0 spiro atoms. The summed E-state index contributed by atoms with van der Waals surface area (Å²) in [4.78, 5) is 12.9. The molecule has 0 bridgehead atoms. The van der Waals surface area contributed by atoms with Gasteiger partial charge in [0, 0.05) is 23.7 Å². The molecule has 1 saturated carbocycles. The quantitative estimate of drug-likeness (QED) is 0.751. The van der Waals surface area contributed by atoms with Gasteiger partial charge in [0.2, 0.25) is 4.77 Å². The minimum absolute atomic E-state index is 0.0791. The van der Waals surface area contributed by atoms with E-state index in [0.29, 0.717) is 29.0 Å². The minimum Gasteiger partial charge on any atom is -0.348 e. The Balaban J connectivity index is 1.71. The van der Waals surface area contributed by atoms with Crippen LogP contribution in [0.2, 0.25) is 5.02 Å². The first-order chi connectivity index (χ1) is 11.4. The van der Waals surface area contributed by atoms with E-state index in [1.54, 1.807) is 4.68 Å². The Labute approximate surface area is 151 Å². The van der Waals surface area contributed by atoms with Gasteiger partial charge in [-0.25, -0.2) is 0 Å². The highest BCUT2D eigenvalue weighted by atomic mass is 35.5. The van der Waals surface area contributed by atoms with Crippen LogP contribution < -0.4 is 10.2 Å². The first-order valence-electron chi connectivity index (χ1n) is 7.94. The number of likely N-dealkylation sites (N-methyl/N-ethyl adjacent to an activating group) is 1. The van der Waals surface area contributed by atoms with Crippen LogP contribution in [0.4, 0.5) is 0 Å². The Bertz CT molecular complexity index is 794. The zero-order chi connectivity index (χ0) is 17.3. The van der Waals surface area contributed by atoms with Crippen molar-refractivity contribution in [2.45, 2.75) is 25.6 Å². The molecule has 128 valence electrons. The predicted octanol–water partition coefficient (Wildman–Crippen LogP) is 1.02. The van der Waals surface area contributed by atoms with E-state index in [1.165, 1.54) is 0 Å². The molecule has 0 aliphatic heterocycles. The molecule has 0 saturated heterocycles. The van der Waals surface area contributed by atoms with Crippen LogP contribution in [-0.4, -0.2) is 39.9 Å². The second-order valence-electron chi connectivity index (χ2n) is 6.31. The van der Waals surface area contributed by atoms with Gasteiger partial charge >= 0.3 is 0 Å². The number of hydrogen-bond acceptors (Lipinski definition) is 3. The molecule has 1 aromatic heterocycles. The smallest absolute Gasteiger partial charge is 0.275 e. The summed E-state index contributed by atoms with van der Waals surface area (Å²) in [6.07, 6.45) is 2.20. The van der Waals surface area contributed by atoms with Gasteiger partial charge in [0.25, 0.3) is 5.91 Å². The van der Waals surface area contributed by atoms with Crippen molar-refractivity contribution in [2.24, 2.45) is 7.05 Å². The number of aromatic nitrogens is 3. The molecule has 24 heavy (non-hydrogen) atoms. The number of nitrogens with zero attached hydrogens (tertiary/aromatic N) is 3. The first-order valence-corrected chi connectivity index (χ1v) is 8.73. The Morgan fingerprint density at radius 1 is 1.42 bits per heavy atom. The number of carbonyl (C=O) groups excluding carboxylic acids is 1. The summed E-state index contributed by atoms with van der Waals surface area (Å²) < 4.78 is 4.26. The van der Waals surface area contributed by atoms with Crippen LogP contribution >= 0.6 is 23.8 Å². The average Bonchev–Trinajstić information content (AvgIpc) is 3.30. The van der Waals surface area contributed by atoms with Crippen LogP contribution in [0.15, 0.2) is 24.3 Å². The minimum atomic E-state index is 0.0791. The third-order valence-electron chi connectivity index (χ3n) is 3.97. The van der Waals surface area contributed by atoms with Crippen molar-refractivity contribution in [1.29, 1.82) is 0 Å². The Hall–Kier alpha value is -1.70. The summed E-state index contributed by atoms with van der Waals surface area (Å²) in [5, 5.41) is 8.29. The van der Waals surface area contributed by atoms with Gasteiger partial charge in [0.1, 0.15) is 0 Å². The van der Waals surface area contributed by atoms with Crippen LogP contribution in [0.1, 0.15) is 12.8 Å². The van der Waals surface area contributed by atoms with Crippen molar-refractivity contribution < 1.29 is 9.69 Å². The molecule has 2 N–H and O–H groups in total. The fourth-order valence-electron chi connectivity index (χ4n) is 2.53. The highest BCUT2D eigenvalue weighted by Crippen LogP contribution is 2.20. The van der Waals surface area contributed by atoms with Gasteiger partial charge in [-0.05, 0) is 49.3 Å². The van der Waals surface area contributed by atoms with Crippen LogP contribution in [0.5, 0.6) is 0 Å². The lowest BCUT2D eigenvalue weighted by Gasteiger charge is -2.13. The maximum atomic E-state index is 11.9. The topological polar surface area (TPSA) is 56.3 Å². The molecule has 1 fully saturated rings. The van der Waals surface area contributed by atoms with Crippen LogP contribution in [0.3, 0.4) is 0 Å². The molecular formula is C16H21ClN5OS+. The summed E-state index contributed by atoms with van der Waals surface area (Å²) >= 11 is 11.4. The standard InChI is InChI=1S/C16H20ClN5OS/c1-20(9-14(23)18-13-7-8-13)10-22-16(24)21(2)15(19-22)11-3-5-12(17)6-4-11/h3-6,13H,7-10H2,1-2H3,(H,18,23)/p+1. The van der Waals surface area contributed by atoms with Gasteiger partial charge in [-0.3, -0.25) is 4.79 Å². The molecule has 1 amide bonds. The third kappa shape index (κ3) is 4.03. The lowest BCUT2D eigenvalue weighted by molar-refractivity contribution is -0.895. The second-order valence-corrected chi connectivity index (χ2v) is 7.11. The van der Waals surface area contributed by atoms with Gasteiger partial charge in [-0.1, -0.05) is 11.6 Å². The number of amides is 1. The molecule has 1 aliphatic carbocycles. The van der Waals surface area contributed by atoms with Crippen molar-refractivity contribution in [3.8, 4) is 11.4 Å². The summed E-state index contributed by atoms with van der Waals surface area (Å²) in [5.74, 6) is 0.863. The van der Waals surface area contributed by atoms with Gasteiger partial charge in [0.05, 0.1) is 7.05 Å². The lowest BCUT2D eigenvalue weighted by Crippen LogP contribution is -3.09. The average molecular weight is 367 g/mol. The van der Waals surface area contributed by atoms with Gasteiger partial charge in [-0.2, -0.15) is 4.68 Å². The molecule has 6 nitrogen and oxygen atoms in total. The van der Waals surface area contributed by atoms with E-state index in [2.05, 4.69) is 10.4 Å². The fourth-order valence-corrected chi connectivity index (χ4v) is 2.85. The number of benzene rings is 1. The zero-order valence-corrected chi connectivity index (χ0v) is 15.3. The molecule has 2 aromatic rings. The molecule has 3 rings (SSSR count). The van der Waals surface area contributed by atoms with Crippen LogP contribution in [0, 0.1) is 4.77 Å². The lowest BCUT2D eigenvalue weighted by atomic mass is 10.2. The maximum Gasteiger partial charge on any atom is 0.275 e. The van der Waals surface area contributed by atoms with Gasteiger partial charge in [0.15, 0.2) is 19.0 Å². The summed E-state index contributed by atoms with van der Waals surface area (Å²) in [7, 11) is 3.86. The molecule has 0 radical (unpaired) electrons. The summed E-state index contributed by atoms with van der Waals surface area (Å²) in [5.41, 5.74) is 0.955. The van der Waals surface area contributed by atoms with E-state index in [4.69, 9.17) is 23.8 Å². The summed E-state index contributed by atoms with van der Waals surface area (Å²) in [6, 6.07) is 7.89. The monoisotopic (exact) mass is 366 g/mol. The highest BCUT2D eigenvalue weighted by molar-refractivity contribution is 7.71. The Morgan fingerprint density at radius 2 is 2.08 bits per heavy atom. The SMILES string of the molecule is Cn1c(-c2ccc(Cl)cc2)nn(C[NH+](C)CC(=O)NC2CC2)c1=S. The van der Waals surface area contributed by atoms with E-state index in [1.807, 2.05) is 42.9 Å². The van der Waals surface area contributed by atoms with Crippen molar-refractivity contribution >= 4 is 29.7 Å². The normalized spacial score (nSPS) is 15.3. The summed E-state index contributed by atoms with van der Waals surface area (Å²) in [6.45, 7) is 0.948. The molecule has 8 heteroatoms. The van der Waals surface area contributed by atoms with Crippen molar-refractivity contribution in [3.05, 3.63) is 34.1 Å². The molecule has 1 atom stereocenters. The van der Waals surface area contributed by atoms with Crippen LogP contribution in [-0.2, 0) is 18.5 Å². The Morgan fingerprint density at radius 3 is 2.71 bits per heavy atom. The molecule has 1 aromatic carbocycles. The largest absolute Gasteiger partial charge is 0.348 e. The molecular weight excluding hydrogens is 346 g/mol. The predicted molar refractivity (Wildman–Crippen MR) is 95.4 cm³/mol. The van der Waals surface area contributed by atoms with E-state index >= 15 is 0 Å². The maximum absolute atomic E-state index is 11.9. The van der Waals surface area contributed by atoms with Gasteiger partial charge < -0.3 is 14.8 Å². The van der Waals surface area contributed by atoms with Crippen molar-refractivity contribution in [1.82, 2.24) is 19.7 Å². The number of nitrogens with one attached hydrogen (secondary N) is 2. The van der Waals surface area contributed by atoms with Crippen LogP contribution in [0.25, 0.3) is 11.4 Å². The number of carbonyl (C=O) groups is 1. The van der Waals surface area contributed by atoms with Gasteiger partial charge in [-0.15, -0.1) is 5.10 Å². The first kappa shape index (κ1) is 17.1. The highest BCUT2D eigenvalue weighted by Gasteiger charge is 2.24.